The molecule has 1 saturated heterocycles. The van der Waals surface area contributed by atoms with Gasteiger partial charge in [-0.25, -0.2) is 0 Å². The van der Waals surface area contributed by atoms with Gasteiger partial charge in [0.15, 0.2) is 0 Å². The third-order valence-electron chi connectivity index (χ3n) is 4.92. The van der Waals surface area contributed by atoms with E-state index in [1.54, 1.807) is 0 Å². The molecule has 100 valence electrons. The predicted molar refractivity (Wildman–Crippen MR) is 72.0 cm³/mol. The summed E-state index contributed by atoms with van der Waals surface area (Å²) in [6, 6.07) is 0.585. The van der Waals surface area contributed by atoms with Crippen molar-refractivity contribution >= 4 is 0 Å². The number of hydrogen-bond acceptors (Lipinski definition) is 2. The topological polar surface area (TPSA) is 32.3 Å². The van der Waals surface area contributed by atoms with Crippen LogP contribution in [0.4, 0.5) is 0 Å². The Morgan fingerprint density at radius 1 is 1.06 bits per heavy atom. The number of hydrogen-bond donors (Lipinski definition) is 2. The summed E-state index contributed by atoms with van der Waals surface area (Å²) >= 11 is 0. The van der Waals surface area contributed by atoms with Gasteiger partial charge in [0.05, 0.1) is 6.10 Å². The predicted octanol–water partition coefficient (Wildman–Crippen LogP) is 3.10. The van der Waals surface area contributed by atoms with Crippen LogP contribution in [-0.2, 0) is 0 Å². The second kappa shape index (κ2) is 6.75. The molecule has 2 rings (SSSR count). The zero-order valence-electron chi connectivity index (χ0n) is 11.3. The normalized spacial score (nSPS) is 40.6. The highest BCUT2D eigenvalue weighted by atomic mass is 16.3. The highest BCUT2D eigenvalue weighted by Gasteiger charge is 2.31. The lowest BCUT2D eigenvalue weighted by molar-refractivity contribution is 0.0484. The molecule has 1 aliphatic heterocycles. The van der Waals surface area contributed by atoms with Gasteiger partial charge in [-0.3, -0.25) is 0 Å². The molecule has 2 aliphatic rings. The SMILES string of the molecule is CCC1CCNC(C2CCCCCCC2O)C1. The van der Waals surface area contributed by atoms with Crippen molar-refractivity contribution in [3.8, 4) is 0 Å². The van der Waals surface area contributed by atoms with Gasteiger partial charge in [-0.15, -0.1) is 0 Å². The van der Waals surface area contributed by atoms with Crippen LogP contribution < -0.4 is 5.32 Å². The van der Waals surface area contributed by atoms with E-state index in [0.717, 1.165) is 18.9 Å². The molecule has 0 amide bonds. The lowest BCUT2D eigenvalue weighted by atomic mass is 9.77. The standard InChI is InChI=1S/C15H29NO/c1-2-12-9-10-16-14(11-12)13-7-5-3-4-6-8-15(13)17/h12-17H,2-11H2,1H3. The maximum atomic E-state index is 10.3. The molecule has 0 aromatic heterocycles. The molecular formula is C15H29NO. The van der Waals surface area contributed by atoms with Crippen molar-refractivity contribution in [1.82, 2.24) is 5.32 Å². The smallest absolute Gasteiger partial charge is 0.0583 e. The molecule has 2 nitrogen and oxygen atoms in total. The molecule has 2 heteroatoms. The molecule has 2 fully saturated rings. The molecule has 4 atom stereocenters. The first-order valence-corrected chi connectivity index (χ1v) is 7.72. The quantitative estimate of drug-likeness (QED) is 0.776. The van der Waals surface area contributed by atoms with Crippen molar-refractivity contribution in [3.63, 3.8) is 0 Å². The van der Waals surface area contributed by atoms with Crippen LogP contribution in [0.1, 0.15) is 64.7 Å². The Kier molecular flexibility index (Phi) is 5.30. The molecule has 1 aliphatic carbocycles. The molecule has 0 aromatic carbocycles. The van der Waals surface area contributed by atoms with Gasteiger partial charge in [-0.1, -0.05) is 39.0 Å². The first-order valence-electron chi connectivity index (χ1n) is 7.72. The third-order valence-corrected chi connectivity index (χ3v) is 4.92. The average molecular weight is 239 g/mol. The fraction of sp³-hybridized carbons (Fsp3) is 1.00. The highest BCUT2D eigenvalue weighted by Crippen LogP contribution is 2.31. The Bertz CT molecular complexity index is 219. The number of aliphatic hydroxyl groups excluding tert-OH is 1. The Hall–Kier alpha value is -0.0800. The second-order valence-electron chi connectivity index (χ2n) is 6.08. The Morgan fingerprint density at radius 3 is 2.59 bits per heavy atom. The van der Waals surface area contributed by atoms with E-state index in [2.05, 4.69) is 12.2 Å². The maximum absolute atomic E-state index is 10.3. The fourth-order valence-electron chi connectivity index (χ4n) is 3.69. The second-order valence-corrected chi connectivity index (χ2v) is 6.08. The minimum absolute atomic E-state index is 0.0524. The van der Waals surface area contributed by atoms with Crippen molar-refractivity contribution in [2.24, 2.45) is 11.8 Å². The molecule has 1 saturated carbocycles. The molecule has 1 heterocycles. The Balaban J connectivity index is 1.92. The van der Waals surface area contributed by atoms with Crippen LogP contribution in [0.5, 0.6) is 0 Å². The van der Waals surface area contributed by atoms with Crippen LogP contribution in [-0.4, -0.2) is 23.8 Å². The van der Waals surface area contributed by atoms with Crippen molar-refractivity contribution < 1.29 is 5.11 Å². The van der Waals surface area contributed by atoms with Crippen molar-refractivity contribution in [2.75, 3.05) is 6.54 Å². The van der Waals surface area contributed by atoms with Crippen LogP contribution in [0.3, 0.4) is 0 Å². The lowest BCUT2D eigenvalue weighted by Crippen LogP contribution is -2.47. The van der Waals surface area contributed by atoms with Crippen LogP contribution in [0.25, 0.3) is 0 Å². The minimum atomic E-state index is -0.0524. The first-order chi connectivity index (χ1) is 8.31. The van der Waals surface area contributed by atoms with Gasteiger partial charge >= 0.3 is 0 Å². The zero-order valence-corrected chi connectivity index (χ0v) is 11.3. The summed E-state index contributed by atoms with van der Waals surface area (Å²) in [5, 5.41) is 14.0. The molecule has 0 radical (unpaired) electrons. The van der Waals surface area contributed by atoms with E-state index in [1.165, 1.54) is 51.4 Å². The lowest BCUT2D eigenvalue weighted by Gasteiger charge is -2.38. The Morgan fingerprint density at radius 2 is 1.82 bits per heavy atom. The molecule has 0 aromatic rings. The first kappa shape index (κ1) is 13.4. The molecular weight excluding hydrogens is 210 g/mol. The van der Waals surface area contributed by atoms with E-state index in [1.807, 2.05) is 0 Å². The molecule has 2 N–H and O–H groups in total. The Labute approximate surface area is 106 Å². The summed E-state index contributed by atoms with van der Waals surface area (Å²) in [6.07, 6.45) is 11.4. The van der Waals surface area contributed by atoms with Gasteiger partial charge in [0.2, 0.25) is 0 Å². The van der Waals surface area contributed by atoms with Crippen LogP contribution in [0, 0.1) is 11.8 Å². The monoisotopic (exact) mass is 239 g/mol. The number of aliphatic hydroxyl groups is 1. The number of rotatable bonds is 2. The van der Waals surface area contributed by atoms with Crippen molar-refractivity contribution in [1.29, 1.82) is 0 Å². The van der Waals surface area contributed by atoms with Crippen LogP contribution in [0.15, 0.2) is 0 Å². The summed E-state index contributed by atoms with van der Waals surface area (Å²) < 4.78 is 0. The zero-order chi connectivity index (χ0) is 12.1. The van der Waals surface area contributed by atoms with E-state index in [4.69, 9.17) is 0 Å². The van der Waals surface area contributed by atoms with Gasteiger partial charge in [-0.05, 0) is 38.1 Å². The summed E-state index contributed by atoms with van der Waals surface area (Å²) in [5.74, 6) is 1.41. The van der Waals surface area contributed by atoms with E-state index < -0.39 is 0 Å². The van der Waals surface area contributed by atoms with Crippen LogP contribution >= 0.6 is 0 Å². The highest BCUT2D eigenvalue weighted by molar-refractivity contribution is 4.87. The van der Waals surface area contributed by atoms with Gasteiger partial charge in [-0.2, -0.15) is 0 Å². The largest absolute Gasteiger partial charge is 0.393 e. The number of piperidine rings is 1. The van der Waals surface area contributed by atoms with E-state index in [-0.39, 0.29) is 6.10 Å². The summed E-state index contributed by atoms with van der Waals surface area (Å²) in [7, 11) is 0. The van der Waals surface area contributed by atoms with E-state index >= 15 is 0 Å². The maximum Gasteiger partial charge on any atom is 0.0583 e. The summed E-state index contributed by atoms with van der Waals surface area (Å²) in [6.45, 7) is 3.47. The molecule has 4 unspecified atom stereocenters. The fourth-order valence-corrected chi connectivity index (χ4v) is 3.69. The minimum Gasteiger partial charge on any atom is -0.393 e. The van der Waals surface area contributed by atoms with Gasteiger partial charge in [0.1, 0.15) is 0 Å². The average Bonchev–Trinajstić information content (AvgIpc) is 2.34. The summed E-state index contributed by atoms with van der Waals surface area (Å²) in [5.41, 5.74) is 0. The van der Waals surface area contributed by atoms with Gasteiger partial charge in [0, 0.05) is 12.0 Å². The van der Waals surface area contributed by atoms with Gasteiger partial charge < -0.3 is 10.4 Å². The van der Waals surface area contributed by atoms with Crippen LogP contribution in [0.2, 0.25) is 0 Å². The molecule has 17 heavy (non-hydrogen) atoms. The van der Waals surface area contributed by atoms with Crippen molar-refractivity contribution in [3.05, 3.63) is 0 Å². The van der Waals surface area contributed by atoms with Gasteiger partial charge in [0.25, 0.3) is 0 Å². The van der Waals surface area contributed by atoms with Crippen molar-refractivity contribution in [2.45, 2.75) is 76.9 Å². The molecule has 0 spiro atoms. The third kappa shape index (κ3) is 3.69. The summed E-state index contributed by atoms with van der Waals surface area (Å²) in [4.78, 5) is 0. The molecule has 0 bridgehead atoms. The van der Waals surface area contributed by atoms with E-state index in [9.17, 15) is 5.11 Å². The number of nitrogens with one attached hydrogen (secondary N) is 1. The van der Waals surface area contributed by atoms with E-state index in [0.29, 0.717) is 12.0 Å².